The number of amides is 2. The zero-order valence-corrected chi connectivity index (χ0v) is 15.6. The lowest BCUT2D eigenvalue weighted by Crippen LogP contribution is -2.49. The molecule has 0 aromatic rings. The number of aliphatic hydroxyl groups excluding tert-OH is 2. The summed E-state index contributed by atoms with van der Waals surface area (Å²) in [7, 11) is 0. The standard InChI is InChI=1S/C15H23N3O9S/c16-6(15(26)27)1-2-10(20)18-7(14(25)17-4-11(21)22)5-28-9-3-8(19)12(23)13(9)24/h6-9,12,19,23H,1-5,16H2,(H,17,25)(H,18,20)(H,21,22)(H,26,27). The van der Waals surface area contributed by atoms with Gasteiger partial charge in [-0.15, -0.1) is 11.8 Å². The van der Waals surface area contributed by atoms with E-state index in [1.807, 2.05) is 0 Å². The predicted octanol–water partition coefficient (Wildman–Crippen LogP) is -3.34. The Morgan fingerprint density at radius 1 is 1.21 bits per heavy atom. The van der Waals surface area contributed by atoms with Crippen molar-refractivity contribution in [1.82, 2.24) is 10.6 Å². The second kappa shape index (κ2) is 10.9. The number of aliphatic hydroxyl groups is 2. The van der Waals surface area contributed by atoms with Gasteiger partial charge in [-0.25, -0.2) is 0 Å². The Labute approximate surface area is 163 Å². The molecule has 0 aliphatic heterocycles. The first-order chi connectivity index (χ1) is 13.0. The summed E-state index contributed by atoms with van der Waals surface area (Å²) in [5, 5.41) is 40.0. The highest BCUT2D eigenvalue weighted by atomic mass is 32.2. The van der Waals surface area contributed by atoms with E-state index in [-0.39, 0.29) is 25.0 Å². The molecule has 1 aliphatic rings. The minimum Gasteiger partial charge on any atom is -0.480 e. The molecule has 0 radical (unpaired) electrons. The third-order valence-corrected chi connectivity index (χ3v) is 5.31. The van der Waals surface area contributed by atoms with E-state index < -0.39 is 65.6 Å². The average Bonchev–Trinajstić information content (AvgIpc) is 2.87. The van der Waals surface area contributed by atoms with Gasteiger partial charge in [-0.3, -0.25) is 24.0 Å². The van der Waals surface area contributed by atoms with Crippen LogP contribution in [0.1, 0.15) is 19.3 Å². The van der Waals surface area contributed by atoms with Crippen molar-refractivity contribution in [3.8, 4) is 0 Å². The van der Waals surface area contributed by atoms with E-state index >= 15 is 0 Å². The molecular formula is C15H23N3O9S. The molecule has 8 N–H and O–H groups in total. The van der Waals surface area contributed by atoms with Crippen LogP contribution in [0.3, 0.4) is 0 Å². The van der Waals surface area contributed by atoms with Gasteiger partial charge in [0.25, 0.3) is 0 Å². The van der Waals surface area contributed by atoms with Gasteiger partial charge in [0.05, 0.1) is 11.4 Å². The van der Waals surface area contributed by atoms with Crippen molar-refractivity contribution < 1.29 is 44.4 Å². The fraction of sp³-hybridized carbons (Fsp3) is 0.667. The van der Waals surface area contributed by atoms with Crippen LogP contribution in [-0.2, 0) is 24.0 Å². The first kappa shape index (κ1) is 23.8. The molecule has 2 amide bonds. The molecule has 158 valence electrons. The van der Waals surface area contributed by atoms with Gasteiger partial charge in [0, 0.05) is 12.2 Å². The number of hydrogen-bond donors (Lipinski definition) is 7. The van der Waals surface area contributed by atoms with Crippen molar-refractivity contribution in [3.63, 3.8) is 0 Å². The van der Waals surface area contributed by atoms with Gasteiger partial charge in [0.2, 0.25) is 11.8 Å². The molecule has 0 heterocycles. The number of Topliss-reactive ketones (excluding diaryl/α,β-unsaturated/α-hetero) is 1. The lowest BCUT2D eigenvalue weighted by molar-refractivity contribution is -0.139. The number of thioether (sulfide) groups is 1. The maximum absolute atomic E-state index is 12.1. The highest BCUT2D eigenvalue weighted by Gasteiger charge is 2.41. The Hall–Kier alpha value is -2.22. The predicted molar refractivity (Wildman–Crippen MR) is 95.3 cm³/mol. The number of rotatable bonds is 11. The Kier molecular flexibility index (Phi) is 9.31. The van der Waals surface area contributed by atoms with Crippen LogP contribution in [0.25, 0.3) is 0 Å². The van der Waals surface area contributed by atoms with Crippen LogP contribution in [0.5, 0.6) is 0 Å². The van der Waals surface area contributed by atoms with Crippen LogP contribution in [0.4, 0.5) is 0 Å². The van der Waals surface area contributed by atoms with Gasteiger partial charge in [-0.2, -0.15) is 0 Å². The second-order valence-corrected chi connectivity index (χ2v) is 7.42. The Morgan fingerprint density at radius 2 is 1.86 bits per heavy atom. The summed E-state index contributed by atoms with van der Waals surface area (Å²) in [6.45, 7) is -0.681. The lowest BCUT2D eigenvalue weighted by Gasteiger charge is -2.19. The zero-order valence-electron chi connectivity index (χ0n) is 14.7. The minimum atomic E-state index is -1.51. The van der Waals surface area contributed by atoms with E-state index in [0.717, 1.165) is 11.8 Å². The van der Waals surface area contributed by atoms with Crippen molar-refractivity contribution in [2.45, 2.75) is 48.8 Å². The van der Waals surface area contributed by atoms with Crippen LogP contribution in [-0.4, -0.2) is 91.8 Å². The first-order valence-electron chi connectivity index (χ1n) is 8.31. The highest BCUT2D eigenvalue weighted by molar-refractivity contribution is 8.00. The number of carboxylic acids is 2. The van der Waals surface area contributed by atoms with Crippen molar-refractivity contribution in [2.75, 3.05) is 12.3 Å². The third kappa shape index (κ3) is 7.42. The number of hydrogen-bond acceptors (Lipinski definition) is 9. The summed E-state index contributed by atoms with van der Waals surface area (Å²) >= 11 is 0.930. The Morgan fingerprint density at radius 3 is 2.36 bits per heavy atom. The number of carboxylic acid groups (broad SMARTS) is 2. The number of carbonyl (C=O) groups excluding carboxylic acids is 3. The molecule has 0 bridgehead atoms. The number of aliphatic carboxylic acids is 2. The smallest absolute Gasteiger partial charge is 0.322 e. The van der Waals surface area contributed by atoms with Gasteiger partial charge in [0.1, 0.15) is 24.7 Å². The number of nitrogens with two attached hydrogens (primary N) is 1. The van der Waals surface area contributed by atoms with Crippen molar-refractivity contribution >= 4 is 41.3 Å². The highest BCUT2D eigenvalue weighted by Crippen LogP contribution is 2.28. The van der Waals surface area contributed by atoms with Crippen LogP contribution < -0.4 is 16.4 Å². The number of nitrogens with one attached hydrogen (secondary N) is 2. The van der Waals surface area contributed by atoms with E-state index in [2.05, 4.69) is 10.6 Å². The molecule has 0 saturated heterocycles. The summed E-state index contributed by atoms with van der Waals surface area (Å²) in [6, 6.07) is -2.46. The molecule has 0 spiro atoms. The molecule has 1 aliphatic carbocycles. The van der Waals surface area contributed by atoms with E-state index in [0.29, 0.717) is 0 Å². The monoisotopic (exact) mass is 421 g/mol. The van der Waals surface area contributed by atoms with Crippen LogP contribution in [0.15, 0.2) is 0 Å². The SMILES string of the molecule is NC(CCC(=O)NC(CSC1CC(O)C(O)C1=O)C(=O)NCC(=O)O)C(=O)O. The van der Waals surface area contributed by atoms with E-state index in [1.54, 1.807) is 0 Å². The van der Waals surface area contributed by atoms with Crippen molar-refractivity contribution in [2.24, 2.45) is 5.73 Å². The second-order valence-electron chi connectivity index (χ2n) is 6.19. The molecule has 5 atom stereocenters. The third-order valence-electron chi connectivity index (χ3n) is 3.96. The molecule has 1 fully saturated rings. The molecule has 1 saturated carbocycles. The van der Waals surface area contributed by atoms with Crippen LogP contribution in [0, 0.1) is 0 Å². The summed E-state index contributed by atoms with van der Waals surface area (Å²) < 4.78 is 0. The summed E-state index contributed by atoms with van der Waals surface area (Å²) in [6.07, 6.45) is -3.19. The molecule has 12 nitrogen and oxygen atoms in total. The maximum atomic E-state index is 12.1. The van der Waals surface area contributed by atoms with Gasteiger partial charge in [0.15, 0.2) is 5.78 Å². The number of ketones is 1. The van der Waals surface area contributed by atoms with Crippen LogP contribution in [0.2, 0.25) is 0 Å². The molecule has 0 aromatic carbocycles. The van der Waals surface area contributed by atoms with E-state index in [1.165, 1.54) is 0 Å². The molecule has 5 unspecified atom stereocenters. The van der Waals surface area contributed by atoms with Gasteiger partial charge >= 0.3 is 11.9 Å². The summed E-state index contributed by atoms with van der Waals surface area (Å²) in [5.41, 5.74) is 5.31. The lowest BCUT2D eigenvalue weighted by atomic mass is 10.1. The van der Waals surface area contributed by atoms with Gasteiger partial charge in [-0.05, 0) is 12.8 Å². The largest absolute Gasteiger partial charge is 0.480 e. The molecule has 1 rings (SSSR count). The fourth-order valence-corrected chi connectivity index (χ4v) is 3.65. The van der Waals surface area contributed by atoms with Crippen molar-refractivity contribution in [1.29, 1.82) is 0 Å². The average molecular weight is 421 g/mol. The maximum Gasteiger partial charge on any atom is 0.322 e. The number of carbonyl (C=O) groups is 5. The Bertz CT molecular complexity index is 630. The zero-order chi connectivity index (χ0) is 21.4. The van der Waals surface area contributed by atoms with E-state index in [4.69, 9.17) is 15.9 Å². The molecule has 28 heavy (non-hydrogen) atoms. The fourth-order valence-electron chi connectivity index (χ4n) is 2.35. The molecule has 0 aromatic heterocycles. The normalized spacial score (nSPS) is 23.7. The molecular weight excluding hydrogens is 398 g/mol. The van der Waals surface area contributed by atoms with E-state index in [9.17, 15) is 34.2 Å². The molecule has 13 heteroatoms. The topological polar surface area (TPSA) is 216 Å². The summed E-state index contributed by atoms with van der Waals surface area (Å²) in [4.78, 5) is 57.2. The van der Waals surface area contributed by atoms with Crippen LogP contribution >= 0.6 is 11.8 Å². The quantitative estimate of drug-likeness (QED) is 0.175. The first-order valence-corrected chi connectivity index (χ1v) is 9.36. The van der Waals surface area contributed by atoms with Gasteiger partial charge in [-0.1, -0.05) is 0 Å². The van der Waals surface area contributed by atoms with Gasteiger partial charge < -0.3 is 36.8 Å². The minimum absolute atomic E-state index is 0.0183. The summed E-state index contributed by atoms with van der Waals surface area (Å²) in [5.74, 6) is -4.78. The Balaban J connectivity index is 2.66. The van der Waals surface area contributed by atoms with Crippen molar-refractivity contribution in [3.05, 3.63) is 0 Å².